The van der Waals surface area contributed by atoms with E-state index in [-0.39, 0.29) is 57.9 Å². The number of Topliss-reactive ketones (excluding diaryl/α,β-unsaturated/α-hetero) is 1. The van der Waals surface area contributed by atoms with Gasteiger partial charge >= 0.3 is 11.9 Å². The van der Waals surface area contributed by atoms with E-state index in [2.05, 4.69) is 59.9 Å². The first-order valence-corrected chi connectivity index (χ1v) is 23.1. The lowest BCUT2D eigenvalue weighted by Crippen LogP contribution is -2.60. The second-order valence-electron chi connectivity index (χ2n) is 23.4. The Balaban J connectivity index is 1.10. The smallest absolute Gasteiger partial charge is 0.312 e. The Labute approximate surface area is 359 Å². The minimum Gasteiger partial charge on any atom is -0.462 e. The maximum absolute atomic E-state index is 14.2. The molecule has 0 saturated heterocycles. The summed E-state index contributed by atoms with van der Waals surface area (Å²) in [5, 5.41) is 4.01. The van der Waals surface area contributed by atoms with Crippen molar-refractivity contribution in [2.45, 2.75) is 171 Å². The predicted molar refractivity (Wildman–Crippen MR) is 233 cm³/mol. The predicted octanol–water partition coefficient (Wildman–Crippen LogP) is 11.5. The third-order valence-electron chi connectivity index (χ3n) is 16.4. The van der Waals surface area contributed by atoms with Crippen LogP contribution in [0.25, 0.3) is 0 Å². The molecule has 8 heteroatoms. The lowest BCUT2D eigenvalue weighted by molar-refractivity contribution is -0.197. The third-order valence-corrected chi connectivity index (χ3v) is 16.6. The number of benzene rings is 1. The molecule has 6 aliphatic carbocycles. The fraction of sp³-hybridized carbons (Fsp3) is 0.725. The van der Waals surface area contributed by atoms with E-state index in [1.165, 1.54) is 5.57 Å². The maximum Gasteiger partial charge on any atom is 0.312 e. The molecule has 0 aliphatic heterocycles. The number of fused-ring (bicyclic) bond motifs is 7. The van der Waals surface area contributed by atoms with E-state index in [0.717, 1.165) is 68.9 Å². The van der Waals surface area contributed by atoms with Crippen LogP contribution in [0.5, 0.6) is 0 Å². The van der Waals surface area contributed by atoms with Gasteiger partial charge in [-0.25, -0.2) is 0 Å². The highest BCUT2D eigenvalue weighted by atomic mass is 35.5. The van der Waals surface area contributed by atoms with Gasteiger partial charge in [0.2, 0.25) is 5.91 Å². The largest absolute Gasteiger partial charge is 0.462 e. The van der Waals surface area contributed by atoms with Gasteiger partial charge in [0.15, 0.2) is 5.78 Å². The van der Waals surface area contributed by atoms with Crippen molar-refractivity contribution >= 4 is 35.2 Å². The van der Waals surface area contributed by atoms with Crippen molar-refractivity contribution in [1.82, 2.24) is 5.32 Å². The molecule has 1 amide bonds. The van der Waals surface area contributed by atoms with Gasteiger partial charge in [-0.3, -0.25) is 19.2 Å². The van der Waals surface area contributed by atoms with Crippen molar-refractivity contribution in [3.8, 4) is 0 Å². The van der Waals surface area contributed by atoms with E-state index in [4.69, 9.17) is 21.1 Å². The van der Waals surface area contributed by atoms with Gasteiger partial charge < -0.3 is 14.8 Å². The van der Waals surface area contributed by atoms with Crippen molar-refractivity contribution in [2.24, 2.45) is 62.6 Å². The molecule has 6 aliphatic rings. The lowest BCUT2D eigenvalue weighted by atomic mass is 9.39. The number of hydrogen-bond acceptors (Lipinski definition) is 6. The van der Waals surface area contributed by atoms with Crippen LogP contribution in [0.1, 0.15) is 159 Å². The van der Waals surface area contributed by atoms with E-state index in [1.807, 2.05) is 45.0 Å². The molecule has 7 rings (SSSR count). The number of halogens is 1. The highest BCUT2D eigenvalue weighted by Gasteiger charge is 2.64. The molecule has 7 nitrogen and oxygen atoms in total. The van der Waals surface area contributed by atoms with Crippen molar-refractivity contribution in [2.75, 3.05) is 0 Å². The number of amides is 1. The molecule has 5 saturated carbocycles. The third kappa shape index (κ3) is 8.02. The van der Waals surface area contributed by atoms with E-state index in [9.17, 15) is 19.2 Å². The number of rotatable bonds is 8. The van der Waals surface area contributed by atoms with Gasteiger partial charge in [0.1, 0.15) is 11.7 Å². The maximum atomic E-state index is 14.2. The SMILES string of the molecule is CC1C[C@H](OC(=O)CC(C)(C)C(=O)OC(C)(C)C)C(C)(C)[C@@H]2CC[C@]3(C)[C@H](CC[C@@H]4C5=C(C(C)(C)C)C(=O)C[C@]5(/C=C/C(=O)NC5(c6ccc(Cl)cc6)CC5)CC[C@H]43)[C@@H]12. The second kappa shape index (κ2) is 14.9. The highest BCUT2D eigenvalue weighted by Crippen LogP contribution is 2.71. The number of allylic oxidation sites excluding steroid dienone is 3. The number of carbonyl (C=O) groups excluding carboxylic acids is 4. The topological polar surface area (TPSA) is 98.8 Å². The zero-order chi connectivity index (χ0) is 43.3. The summed E-state index contributed by atoms with van der Waals surface area (Å²) >= 11 is 6.17. The van der Waals surface area contributed by atoms with Gasteiger partial charge in [0, 0.05) is 27.8 Å². The standard InChI is InChI=1S/C51H72ClNO6/c1-30-27-38(58-40(56)29-47(8,9)44(57)59-46(5,6)7)48(10,11)35-19-22-49(12)34-20-23-50(24-21-39(55)53-51(25-26-51)31-13-15-32(52)16-14-31)28-37(54)43(45(2,3)4)42(50)33(34)17-18-36(49)41(30)35/h13-16,21,24,30,33-36,38,41H,17-20,22-23,25-29H2,1-12H3,(H,53,55)/b24-21+/t30?,33-,34+,35+,36+,38-,41-,49-,50+/m0/s1. The Hall–Kier alpha value is -2.93. The van der Waals surface area contributed by atoms with Crippen molar-refractivity contribution in [3.63, 3.8) is 0 Å². The number of ketones is 1. The Kier molecular flexibility index (Phi) is 11.1. The van der Waals surface area contributed by atoms with E-state index >= 15 is 0 Å². The summed E-state index contributed by atoms with van der Waals surface area (Å²) in [7, 11) is 0. The van der Waals surface area contributed by atoms with Gasteiger partial charge in [-0.2, -0.15) is 0 Å². The van der Waals surface area contributed by atoms with Crippen LogP contribution >= 0.6 is 11.6 Å². The first-order valence-electron chi connectivity index (χ1n) is 22.7. The van der Waals surface area contributed by atoms with Gasteiger partial charge in [-0.15, -0.1) is 0 Å². The molecule has 1 aromatic rings. The molecular weight excluding hydrogens is 758 g/mol. The normalized spacial score (nSPS) is 34.9. The summed E-state index contributed by atoms with van der Waals surface area (Å²) in [5.74, 6) is 2.10. The van der Waals surface area contributed by atoms with Crippen LogP contribution in [-0.2, 0) is 34.2 Å². The fourth-order valence-electron chi connectivity index (χ4n) is 13.4. The van der Waals surface area contributed by atoms with Gasteiger partial charge in [0.05, 0.1) is 17.4 Å². The number of esters is 2. The molecule has 59 heavy (non-hydrogen) atoms. The van der Waals surface area contributed by atoms with Crippen molar-refractivity contribution in [3.05, 3.63) is 58.1 Å². The molecule has 1 aromatic carbocycles. The number of nitrogens with one attached hydrogen (secondary N) is 1. The fourth-order valence-corrected chi connectivity index (χ4v) is 13.5. The summed E-state index contributed by atoms with van der Waals surface area (Å²) in [5.41, 5.74) is 0.689. The monoisotopic (exact) mass is 830 g/mol. The van der Waals surface area contributed by atoms with Gasteiger partial charge in [0.25, 0.3) is 0 Å². The first-order chi connectivity index (χ1) is 27.2. The van der Waals surface area contributed by atoms with Crippen LogP contribution in [-0.4, -0.2) is 35.3 Å². The van der Waals surface area contributed by atoms with Gasteiger partial charge in [-0.05, 0) is 168 Å². The van der Waals surface area contributed by atoms with Crippen LogP contribution < -0.4 is 5.32 Å². The summed E-state index contributed by atoms with van der Waals surface area (Å²) in [6.07, 6.45) is 13.0. The molecule has 0 bridgehead atoms. The summed E-state index contributed by atoms with van der Waals surface area (Å²) in [4.78, 5) is 54.5. The average Bonchev–Trinajstić information content (AvgIpc) is 3.81. The van der Waals surface area contributed by atoms with Crippen LogP contribution in [0.3, 0.4) is 0 Å². The Morgan fingerprint density at radius 1 is 0.864 bits per heavy atom. The van der Waals surface area contributed by atoms with E-state index < -0.39 is 16.4 Å². The minimum atomic E-state index is -0.980. The van der Waals surface area contributed by atoms with Crippen molar-refractivity contribution < 1.29 is 28.7 Å². The second-order valence-corrected chi connectivity index (χ2v) is 23.9. The first kappa shape index (κ1) is 44.1. The Bertz CT molecular complexity index is 1920. The van der Waals surface area contributed by atoms with Crippen LogP contribution in [0.4, 0.5) is 0 Å². The Morgan fingerprint density at radius 3 is 2.12 bits per heavy atom. The summed E-state index contributed by atoms with van der Waals surface area (Å²) < 4.78 is 12.0. The minimum absolute atomic E-state index is 0.0127. The molecule has 1 unspecified atom stereocenters. The summed E-state index contributed by atoms with van der Waals surface area (Å²) in [6.45, 7) is 25.2. The molecule has 0 radical (unpaired) electrons. The van der Waals surface area contributed by atoms with Crippen LogP contribution in [0, 0.1) is 62.6 Å². The molecule has 324 valence electrons. The molecular formula is C51H72ClNO6. The molecule has 9 atom stereocenters. The van der Waals surface area contributed by atoms with Gasteiger partial charge in [-0.1, -0.05) is 78.3 Å². The molecule has 0 spiro atoms. The van der Waals surface area contributed by atoms with Crippen LogP contribution in [0.2, 0.25) is 5.02 Å². The molecule has 0 aromatic heterocycles. The number of carbonyl (C=O) groups is 4. The Morgan fingerprint density at radius 2 is 1.51 bits per heavy atom. The van der Waals surface area contributed by atoms with E-state index in [1.54, 1.807) is 19.9 Å². The molecule has 1 N–H and O–H groups in total. The molecule has 0 heterocycles. The zero-order valence-electron chi connectivity index (χ0n) is 38.1. The van der Waals surface area contributed by atoms with Crippen LogP contribution in [0.15, 0.2) is 47.6 Å². The summed E-state index contributed by atoms with van der Waals surface area (Å²) in [6, 6.07) is 7.79. The highest BCUT2D eigenvalue weighted by molar-refractivity contribution is 6.30. The number of hydrogen-bond donors (Lipinski definition) is 1. The van der Waals surface area contributed by atoms with Crippen molar-refractivity contribution in [1.29, 1.82) is 0 Å². The average molecular weight is 831 g/mol. The van der Waals surface area contributed by atoms with E-state index in [0.29, 0.717) is 47.0 Å². The number of ether oxygens (including phenoxy) is 2. The molecule has 5 fully saturated rings. The zero-order valence-corrected chi connectivity index (χ0v) is 38.9. The lowest BCUT2D eigenvalue weighted by Gasteiger charge is -2.66. The quantitative estimate of drug-likeness (QED) is 0.207.